The van der Waals surface area contributed by atoms with E-state index in [4.69, 9.17) is 14.2 Å². The number of nitrogens with zero attached hydrogens (tertiary/aromatic N) is 1. The number of likely N-dealkylation sites (tertiary alicyclic amines) is 1. The molecule has 2 fully saturated rings. The fourth-order valence-corrected chi connectivity index (χ4v) is 3.33. The molecule has 0 aromatic heterocycles. The standard InChI is InChI=1S/C18H25NO4/c1-13-10-15(16(21-3)11-14(13)2)12-17(20)19-6-4-18(5-7-19)22-8-9-23-18/h10-11H,4-9,12H2,1-3H3. The van der Waals surface area contributed by atoms with Crippen molar-refractivity contribution in [3.8, 4) is 5.75 Å². The monoisotopic (exact) mass is 319 g/mol. The van der Waals surface area contributed by atoms with E-state index in [-0.39, 0.29) is 5.91 Å². The molecule has 0 unspecified atom stereocenters. The predicted octanol–water partition coefficient (Wildman–Crippen LogP) is 2.22. The first-order valence-corrected chi connectivity index (χ1v) is 8.23. The van der Waals surface area contributed by atoms with Gasteiger partial charge in [0.1, 0.15) is 5.75 Å². The lowest BCUT2D eigenvalue weighted by Crippen LogP contribution is -2.47. The van der Waals surface area contributed by atoms with Gasteiger partial charge in [0.05, 0.1) is 26.7 Å². The molecule has 126 valence electrons. The Morgan fingerprint density at radius 3 is 2.39 bits per heavy atom. The van der Waals surface area contributed by atoms with Crippen molar-refractivity contribution in [1.29, 1.82) is 0 Å². The van der Waals surface area contributed by atoms with Gasteiger partial charge in [-0.25, -0.2) is 0 Å². The predicted molar refractivity (Wildman–Crippen MR) is 86.6 cm³/mol. The van der Waals surface area contributed by atoms with E-state index < -0.39 is 5.79 Å². The van der Waals surface area contributed by atoms with Crippen molar-refractivity contribution in [1.82, 2.24) is 4.90 Å². The molecule has 0 radical (unpaired) electrons. The van der Waals surface area contributed by atoms with Crippen molar-refractivity contribution >= 4 is 5.91 Å². The summed E-state index contributed by atoms with van der Waals surface area (Å²) < 4.78 is 16.9. The first kappa shape index (κ1) is 16.3. The van der Waals surface area contributed by atoms with E-state index in [0.29, 0.717) is 32.7 Å². The molecule has 2 saturated heterocycles. The number of methoxy groups -OCH3 is 1. The zero-order valence-electron chi connectivity index (χ0n) is 14.2. The Morgan fingerprint density at radius 2 is 1.78 bits per heavy atom. The Hall–Kier alpha value is -1.59. The Balaban J connectivity index is 1.65. The Morgan fingerprint density at radius 1 is 1.17 bits per heavy atom. The van der Waals surface area contributed by atoms with Gasteiger partial charge in [-0.2, -0.15) is 0 Å². The van der Waals surface area contributed by atoms with Crippen LogP contribution < -0.4 is 4.74 Å². The van der Waals surface area contributed by atoms with Crippen LogP contribution in [-0.4, -0.2) is 50.0 Å². The molecule has 0 saturated carbocycles. The lowest BCUT2D eigenvalue weighted by atomic mass is 10.0. The maximum atomic E-state index is 12.6. The first-order chi connectivity index (χ1) is 11.0. The second kappa shape index (κ2) is 6.49. The highest BCUT2D eigenvalue weighted by molar-refractivity contribution is 5.79. The van der Waals surface area contributed by atoms with Crippen molar-refractivity contribution in [2.24, 2.45) is 0 Å². The number of carbonyl (C=O) groups is 1. The summed E-state index contributed by atoms with van der Waals surface area (Å²) in [4.78, 5) is 14.5. The minimum Gasteiger partial charge on any atom is -0.496 e. The highest BCUT2D eigenvalue weighted by atomic mass is 16.7. The summed E-state index contributed by atoms with van der Waals surface area (Å²) in [6.07, 6.45) is 1.88. The third-order valence-corrected chi connectivity index (χ3v) is 4.93. The van der Waals surface area contributed by atoms with Crippen LogP contribution in [0, 0.1) is 13.8 Å². The van der Waals surface area contributed by atoms with E-state index in [1.54, 1.807) is 7.11 Å². The highest BCUT2D eigenvalue weighted by Crippen LogP contribution is 2.32. The smallest absolute Gasteiger partial charge is 0.227 e. The number of amides is 1. The zero-order chi connectivity index (χ0) is 16.4. The van der Waals surface area contributed by atoms with E-state index in [2.05, 4.69) is 19.9 Å². The molecule has 1 amide bonds. The van der Waals surface area contributed by atoms with Gasteiger partial charge in [0, 0.05) is 31.5 Å². The normalized spacial score (nSPS) is 20.0. The molecule has 23 heavy (non-hydrogen) atoms. The first-order valence-electron chi connectivity index (χ1n) is 8.23. The van der Waals surface area contributed by atoms with E-state index >= 15 is 0 Å². The van der Waals surface area contributed by atoms with Gasteiger partial charge in [0.2, 0.25) is 5.91 Å². The van der Waals surface area contributed by atoms with Gasteiger partial charge in [0.15, 0.2) is 5.79 Å². The van der Waals surface area contributed by atoms with Crippen molar-refractivity contribution in [3.05, 3.63) is 28.8 Å². The minimum absolute atomic E-state index is 0.138. The van der Waals surface area contributed by atoms with Crippen LogP contribution in [0.5, 0.6) is 5.75 Å². The van der Waals surface area contributed by atoms with Gasteiger partial charge < -0.3 is 19.1 Å². The lowest BCUT2D eigenvalue weighted by molar-refractivity contribution is -0.187. The molecule has 1 aromatic carbocycles. The van der Waals surface area contributed by atoms with Gasteiger partial charge in [0.25, 0.3) is 0 Å². The number of carbonyl (C=O) groups excluding carboxylic acids is 1. The van der Waals surface area contributed by atoms with Crippen LogP contribution in [0.2, 0.25) is 0 Å². The topological polar surface area (TPSA) is 48.0 Å². The molecule has 2 heterocycles. The number of hydrogen-bond donors (Lipinski definition) is 0. The van der Waals surface area contributed by atoms with Crippen molar-refractivity contribution in [2.75, 3.05) is 33.4 Å². The van der Waals surface area contributed by atoms with E-state index in [1.165, 1.54) is 11.1 Å². The van der Waals surface area contributed by atoms with Crippen molar-refractivity contribution < 1.29 is 19.0 Å². The molecular weight excluding hydrogens is 294 g/mol. The van der Waals surface area contributed by atoms with E-state index in [0.717, 1.165) is 24.2 Å². The summed E-state index contributed by atoms with van der Waals surface area (Å²) in [6, 6.07) is 4.06. The van der Waals surface area contributed by atoms with Gasteiger partial charge >= 0.3 is 0 Å². The second-order valence-electron chi connectivity index (χ2n) is 6.41. The summed E-state index contributed by atoms with van der Waals surface area (Å²) in [5.41, 5.74) is 3.31. The van der Waals surface area contributed by atoms with E-state index in [9.17, 15) is 4.79 Å². The second-order valence-corrected chi connectivity index (χ2v) is 6.41. The molecule has 0 aliphatic carbocycles. The maximum Gasteiger partial charge on any atom is 0.227 e. The molecular formula is C18H25NO4. The fraction of sp³-hybridized carbons (Fsp3) is 0.611. The minimum atomic E-state index is -0.436. The van der Waals surface area contributed by atoms with Crippen LogP contribution in [-0.2, 0) is 20.7 Å². The molecule has 3 rings (SSSR count). The quantitative estimate of drug-likeness (QED) is 0.857. The SMILES string of the molecule is COc1cc(C)c(C)cc1CC(=O)N1CCC2(CC1)OCCO2. The van der Waals surface area contributed by atoms with Gasteiger partial charge in [-0.15, -0.1) is 0 Å². The zero-order valence-corrected chi connectivity index (χ0v) is 14.2. The van der Waals surface area contributed by atoms with Crippen LogP contribution in [0.3, 0.4) is 0 Å². The summed E-state index contributed by atoms with van der Waals surface area (Å²) in [7, 11) is 1.65. The molecule has 2 aliphatic rings. The summed E-state index contributed by atoms with van der Waals surface area (Å²) in [5, 5.41) is 0. The molecule has 1 aromatic rings. The van der Waals surface area contributed by atoms with Gasteiger partial charge in [-0.3, -0.25) is 4.79 Å². The lowest BCUT2D eigenvalue weighted by Gasteiger charge is -2.37. The van der Waals surface area contributed by atoms with Gasteiger partial charge in [-0.1, -0.05) is 6.07 Å². The van der Waals surface area contributed by atoms with Crippen LogP contribution in [0.1, 0.15) is 29.5 Å². The number of hydrogen-bond acceptors (Lipinski definition) is 4. The molecule has 5 nitrogen and oxygen atoms in total. The molecule has 5 heteroatoms. The number of rotatable bonds is 3. The number of ether oxygens (including phenoxy) is 3. The fourth-order valence-electron chi connectivity index (χ4n) is 3.33. The van der Waals surface area contributed by atoms with Crippen molar-refractivity contribution in [2.45, 2.75) is 38.9 Å². The third-order valence-electron chi connectivity index (χ3n) is 4.93. The number of piperidine rings is 1. The highest BCUT2D eigenvalue weighted by Gasteiger charge is 2.40. The Bertz CT molecular complexity index is 583. The number of benzene rings is 1. The molecule has 1 spiro atoms. The Kier molecular flexibility index (Phi) is 4.60. The third kappa shape index (κ3) is 3.35. The molecule has 0 N–H and O–H groups in total. The maximum absolute atomic E-state index is 12.6. The van der Waals surface area contributed by atoms with Crippen molar-refractivity contribution in [3.63, 3.8) is 0 Å². The summed E-state index contributed by atoms with van der Waals surface area (Å²) in [5.74, 6) is 0.492. The molecule has 0 atom stereocenters. The summed E-state index contributed by atoms with van der Waals surface area (Å²) in [6.45, 7) is 6.80. The number of aryl methyl sites for hydroxylation is 2. The molecule has 2 aliphatic heterocycles. The van der Waals surface area contributed by atoms with Crippen LogP contribution in [0.15, 0.2) is 12.1 Å². The van der Waals surface area contributed by atoms with Crippen LogP contribution >= 0.6 is 0 Å². The van der Waals surface area contributed by atoms with Crippen LogP contribution in [0.25, 0.3) is 0 Å². The van der Waals surface area contributed by atoms with Gasteiger partial charge in [-0.05, 0) is 31.0 Å². The molecule has 0 bridgehead atoms. The average Bonchev–Trinajstić information content (AvgIpc) is 2.99. The van der Waals surface area contributed by atoms with E-state index in [1.807, 2.05) is 11.0 Å². The largest absolute Gasteiger partial charge is 0.496 e. The summed E-state index contributed by atoms with van der Waals surface area (Å²) >= 11 is 0. The Labute approximate surface area is 137 Å². The van der Waals surface area contributed by atoms with Crippen LogP contribution in [0.4, 0.5) is 0 Å². The average molecular weight is 319 g/mol.